The maximum atomic E-state index is 12.5. The molecule has 1 aromatic heterocycles. The first kappa shape index (κ1) is 18.0. The summed E-state index contributed by atoms with van der Waals surface area (Å²) in [5.41, 5.74) is 2.91. The molecular formula is C21H24N4O. The number of hydrogen-bond acceptors (Lipinski definition) is 3. The van der Waals surface area contributed by atoms with Gasteiger partial charge < -0.3 is 5.32 Å². The summed E-state index contributed by atoms with van der Waals surface area (Å²) in [6.45, 7) is 3.45. The molecule has 5 heteroatoms. The van der Waals surface area contributed by atoms with Gasteiger partial charge in [0.15, 0.2) is 0 Å². The van der Waals surface area contributed by atoms with Crippen LogP contribution in [0, 0.1) is 25.3 Å². The molecule has 2 heterocycles. The average molecular weight is 348 g/mol. The van der Waals surface area contributed by atoms with Gasteiger partial charge in [0.2, 0.25) is 0 Å². The number of aromatic nitrogens is 1. The highest BCUT2D eigenvalue weighted by Gasteiger charge is 2.26. The molecule has 3 rings (SSSR count). The van der Waals surface area contributed by atoms with E-state index in [2.05, 4.69) is 40.6 Å². The fourth-order valence-electron chi connectivity index (χ4n) is 3.34. The lowest BCUT2D eigenvalue weighted by atomic mass is 9.91. The number of nitrogens with one attached hydrogen (secondary N) is 1. The Morgan fingerprint density at radius 1 is 1.31 bits per heavy atom. The van der Waals surface area contributed by atoms with Gasteiger partial charge in [-0.1, -0.05) is 36.8 Å². The monoisotopic (exact) mass is 348 g/mol. The van der Waals surface area contributed by atoms with Gasteiger partial charge in [0.05, 0.1) is 0 Å². The van der Waals surface area contributed by atoms with E-state index in [1.54, 1.807) is 12.3 Å². The van der Waals surface area contributed by atoms with Crippen molar-refractivity contribution in [2.24, 2.45) is 5.92 Å². The largest absolute Gasteiger partial charge is 0.348 e. The Bertz CT molecular complexity index is 776. The van der Waals surface area contributed by atoms with Crippen LogP contribution in [-0.4, -0.2) is 34.1 Å². The van der Waals surface area contributed by atoms with Gasteiger partial charge in [-0.05, 0) is 49.8 Å². The smallest absolute Gasteiger partial charge is 0.306 e. The van der Waals surface area contributed by atoms with E-state index in [0.29, 0.717) is 11.6 Å². The lowest BCUT2D eigenvalue weighted by Gasteiger charge is -2.36. The van der Waals surface area contributed by atoms with Gasteiger partial charge in [0.25, 0.3) is 0 Å². The third-order valence-corrected chi connectivity index (χ3v) is 4.70. The van der Waals surface area contributed by atoms with Crippen molar-refractivity contribution in [2.75, 3.05) is 18.4 Å². The fraction of sp³-hybridized carbons (Fsp3) is 0.333. The molecule has 2 amide bonds. The molecule has 1 aromatic carbocycles. The van der Waals surface area contributed by atoms with E-state index in [1.807, 2.05) is 24.1 Å². The highest BCUT2D eigenvalue weighted by molar-refractivity contribution is 5.90. The molecule has 1 aliphatic rings. The summed E-state index contributed by atoms with van der Waals surface area (Å²) in [4.78, 5) is 16.7. The quantitative estimate of drug-likeness (QED) is 0.677. The average Bonchev–Trinajstić information content (AvgIpc) is 2.64. The Kier molecular flexibility index (Phi) is 5.88. The van der Waals surface area contributed by atoms with E-state index in [-0.39, 0.29) is 6.03 Å². The Morgan fingerprint density at radius 2 is 2.04 bits per heavy atom. The van der Waals surface area contributed by atoms with Crippen LogP contribution in [0.15, 0.2) is 48.7 Å². The van der Waals surface area contributed by atoms with Crippen LogP contribution in [0.1, 0.15) is 24.1 Å². The molecule has 0 bridgehead atoms. The molecule has 26 heavy (non-hydrogen) atoms. The SMILES string of the molecule is C#CN(C(=O)Nc1ccnc(C)c1)N1CCC(Cc2ccccc2)CC1. The molecule has 1 fully saturated rings. The molecule has 0 spiro atoms. The number of rotatable bonds is 4. The van der Waals surface area contributed by atoms with Crippen LogP contribution >= 0.6 is 0 Å². The number of aryl methyl sites for hydroxylation is 1. The summed E-state index contributed by atoms with van der Waals surface area (Å²) >= 11 is 0. The third kappa shape index (κ3) is 4.62. The molecule has 1 aliphatic heterocycles. The highest BCUT2D eigenvalue weighted by atomic mass is 16.2. The molecule has 0 saturated carbocycles. The molecule has 1 saturated heterocycles. The van der Waals surface area contributed by atoms with Gasteiger partial charge in [-0.25, -0.2) is 9.80 Å². The second kappa shape index (κ2) is 8.50. The normalized spacial score (nSPS) is 15.2. The molecule has 134 valence electrons. The van der Waals surface area contributed by atoms with Crippen molar-refractivity contribution in [1.82, 2.24) is 15.0 Å². The second-order valence-electron chi connectivity index (χ2n) is 6.64. The van der Waals surface area contributed by atoms with E-state index >= 15 is 0 Å². The van der Waals surface area contributed by atoms with Gasteiger partial charge in [-0.3, -0.25) is 4.98 Å². The van der Waals surface area contributed by atoms with Gasteiger partial charge in [0.1, 0.15) is 0 Å². The second-order valence-corrected chi connectivity index (χ2v) is 6.64. The van der Waals surface area contributed by atoms with E-state index in [4.69, 9.17) is 6.42 Å². The van der Waals surface area contributed by atoms with Crippen LogP contribution in [0.4, 0.5) is 10.5 Å². The number of carbonyl (C=O) groups excluding carboxylic acids is 1. The lowest BCUT2D eigenvalue weighted by molar-refractivity contribution is 0.0351. The van der Waals surface area contributed by atoms with E-state index in [0.717, 1.165) is 38.0 Å². The van der Waals surface area contributed by atoms with Crippen LogP contribution in [-0.2, 0) is 6.42 Å². The number of piperidine rings is 1. The highest BCUT2D eigenvalue weighted by Crippen LogP contribution is 2.23. The standard InChI is InChI=1S/C21H24N4O/c1-3-25(21(26)23-20-9-12-22-17(2)15-20)24-13-10-19(11-14-24)16-18-7-5-4-6-8-18/h1,4-9,12,15,19H,10-11,13-14,16H2,2H3,(H,22,23,26). The van der Waals surface area contributed by atoms with Crippen LogP contribution in [0.3, 0.4) is 0 Å². The number of hydrogen-bond donors (Lipinski definition) is 1. The maximum Gasteiger partial charge on any atom is 0.348 e. The minimum absolute atomic E-state index is 0.306. The first-order valence-corrected chi connectivity index (χ1v) is 8.94. The van der Waals surface area contributed by atoms with E-state index in [9.17, 15) is 4.79 Å². The third-order valence-electron chi connectivity index (χ3n) is 4.70. The Hall–Kier alpha value is -2.84. The topological polar surface area (TPSA) is 48.5 Å². The van der Waals surface area contributed by atoms with Gasteiger partial charge >= 0.3 is 6.03 Å². The van der Waals surface area contributed by atoms with Gasteiger partial charge in [0, 0.05) is 36.7 Å². The zero-order chi connectivity index (χ0) is 18.4. The Labute approximate surface area is 155 Å². The summed E-state index contributed by atoms with van der Waals surface area (Å²) in [6, 6.07) is 16.3. The summed E-state index contributed by atoms with van der Waals surface area (Å²) in [6.07, 6.45) is 10.4. The minimum Gasteiger partial charge on any atom is -0.306 e. The van der Waals surface area contributed by atoms with Gasteiger partial charge in [-0.2, -0.15) is 5.01 Å². The number of benzene rings is 1. The first-order valence-electron chi connectivity index (χ1n) is 8.94. The number of nitrogens with zero attached hydrogens (tertiary/aromatic N) is 3. The minimum atomic E-state index is -0.306. The molecule has 5 nitrogen and oxygen atoms in total. The van der Waals surface area contributed by atoms with Crippen molar-refractivity contribution in [3.8, 4) is 12.5 Å². The number of terminal acetylenes is 1. The maximum absolute atomic E-state index is 12.5. The molecule has 0 radical (unpaired) electrons. The number of anilines is 1. The summed E-state index contributed by atoms with van der Waals surface area (Å²) in [5, 5.41) is 6.15. The molecule has 0 aliphatic carbocycles. The zero-order valence-corrected chi connectivity index (χ0v) is 15.1. The van der Waals surface area contributed by atoms with Crippen LogP contribution in [0.2, 0.25) is 0 Å². The van der Waals surface area contributed by atoms with Crippen molar-refractivity contribution < 1.29 is 4.79 Å². The Balaban J connectivity index is 1.55. The van der Waals surface area contributed by atoms with Gasteiger partial charge in [-0.15, -0.1) is 0 Å². The zero-order valence-electron chi connectivity index (χ0n) is 15.1. The summed E-state index contributed by atoms with van der Waals surface area (Å²) in [5.74, 6) is 0.624. The van der Waals surface area contributed by atoms with Crippen molar-refractivity contribution in [2.45, 2.75) is 26.2 Å². The Morgan fingerprint density at radius 3 is 2.69 bits per heavy atom. The molecular weight excluding hydrogens is 324 g/mol. The van der Waals surface area contributed by atoms with Crippen molar-refractivity contribution >= 4 is 11.7 Å². The van der Waals surface area contributed by atoms with Crippen molar-refractivity contribution in [3.05, 3.63) is 59.9 Å². The van der Waals surface area contributed by atoms with Crippen molar-refractivity contribution in [1.29, 1.82) is 0 Å². The molecule has 1 N–H and O–H groups in total. The van der Waals surface area contributed by atoms with Crippen molar-refractivity contribution in [3.63, 3.8) is 0 Å². The summed E-state index contributed by atoms with van der Waals surface area (Å²) in [7, 11) is 0. The predicted octanol–water partition coefficient (Wildman–Crippen LogP) is 3.68. The van der Waals surface area contributed by atoms with Crippen LogP contribution in [0.5, 0.6) is 0 Å². The predicted molar refractivity (Wildman–Crippen MR) is 103 cm³/mol. The van der Waals surface area contributed by atoms with E-state index in [1.165, 1.54) is 10.6 Å². The number of carbonyl (C=O) groups is 1. The number of pyridine rings is 1. The number of urea groups is 1. The fourth-order valence-corrected chi connectivity index (χ4v) is 3.34. The van der Waals surface area contributed by atoms with E-state index < -0.39 is 0 Å². The first-order chi connectivity index (χ1) is 12.7. The number of amides is 2. The molecule has 0 unspecified atom stereocenters. The van der Waals surface area contributed by atoms with Crippen LogP contribution < -0.4 is 5.32 Å². The molecule has 0 atom stereocenters. The van der Waals surface area contributed by atoms with Crippen LogP contribution in [0.25, 0.3) is 0 Å². The number of hydrazine groups is 1. The lowest BCUT2D eigenvalue weighted by Crippen LogP contribution is -2.49. The molecule has 2 aromatic rings. The summed E-state index contributed by atoms with van der Waals surface area (Å²) < 4.78 is 0.